The number of nitrogens with zero attached hydrogens (tertiary/aromatic N) is 1. The van der Waals surface area contributed by atoms with E-state index in [-0.39, 0.29) is 12.5 Å². The molecule has 0 atom stereocenters. The van der Waals surface area contributed by atoms with Crippen LogP contribution >= 0.6 is 0 Å². The van der Waals surface area contributed by atoms with Crippen LogP contribution in [0, 0.1) is 0 Å². The Morgan fingerprint density at radius 2 is 2.00 bits per heavy atom. The zero-order valence-corrected chi connectivity index (χ0v) is 6.55. The number of nitrogens with two attached hydrogens (primary N) is 1. The number of carbonyl (C=O) groups excluding carboxylic acids is 2. The molecule has 0 rings (SSSR count). The molecule has 0 radical (unpaired) electrons. The van der Waals surface area contributed by atoms with E-state index in [0.717, 1.165) is 0 Å². The predicted octanol–water partition coefficient (Wildman–Crippen LogP) is -1.75. The lowest BCUT2D eigenvalue weighted by Gasteiger charge is -2.11. The lowest BCUT2D eigenvalue weighted by Crippen LogP contribution is -2.44. The highest BCUT2D eigenvalue weighted by atomic mass is 16.2. The van der Waals surface area contributed by atoms with E-state index in [2.05, 4.69) is 10.7 Å². The summed E-state index contributed by atoms with van der Waals surface area (Å²) in [6.07, 6.45) is 0. The minimum Gasteiger partial charge on any atom is -0.352 e. The van der Waals surface area contributed by atoms with Crippen molar-refractivity contribution in [3.8, 4) is 0 Å². The van der Waals surface area contributed by atoms with E-state index in [4.69, 9.17) is 5.73 Å². The van der Waals surface area contributed by atoms with Crippen LogP contribution in [0.4, 0.5) is 4.79 Å². The van der Waals surface area contributed by atoms with Crippen molar-refractivity contribution in [3.63, 3.8) is 0 Å². The standard InChI is InChI=1S/C5H12N4O2/c1-9(2)8-4(10)3-7-5(6)11/h3H2,1-2H3,(H,8,10)(H3,6,7,11). The van der Waals surface area contributed by atoms with Crippen LogP contribution in [0.25, 0.3) is 0 Å². The average Bonchev–Trinajstić information content (AvgIpc) is 1.82. The zero-order valence-electron chi connectivity index (χ0n) is 6.55. The smallest absolute Gasteiger partial charge is 0.312 e. The van der Waals surface area contributed by atoms with Crippen molar-refractivity contribution in [2.75, 3.05) is 20.6 Å². The van der Waals surface area contributed by atoms with Crippen LogP contribution in [0.1, 0.15) is 0 Å². The fourth-order valence-corrected chi connectivity index (χ4v) is 0.456. The molecule has 0 spiro atoms. The minimum atomic E-state index is -0.709. The van der Waals surface area contributed by atoms with Gasteiger partial charge in [-0.25, -0.2) is 9.80 Å². The summed E-state index contributed by atoms with van der Waals surface area (Å²) < 4.78 is 0. The van der Waals surface area contributed by atoms with Crippen molar-refractivity contribution in [1.82, 2.24) is 15.8 Å². The molecule has 0 saturated carbocycles. The molecular formula is C5H12N4O2. The first kappa shape index (κ1) is 9.70. The van der Waals surface area contributed by atoms with Gasteiger partial charge in [-0.05, 0) is 0 Å². The third-order valence-electron chi connectivity index (χ3n) is 0.771. The maximum Gasteiger partial charge on any atom is 0.312 e. The Balaban J connectivity index is 3.45. The van der Waals surface area contributed by atoms with Crippen LogP contribution < -0.4 is 16.5 Å². The number of hydrogen-bond donors (Lipinski definition) is 3. The Morgan fingerprint density at radius 3 is 2.36 bits per heavy atom. The normalized spacial score (nSPS) is 9.36. The Kier molecular flexibility index (Phi) is 3.97. The SMILES string of the molecule is CN(C)NC(=O)CNC(N)=O. The van der Waals surface area contributed by atoms with Gasteiger partial charge in [0.2, 0.25) is 0 Å². The van der Waals surface area contributed by atoms with Crippen molar-refractivity contribution < 1.29 is 9.59 Å². The van der Waals surface area contributed by atoms with E-state index < -0.39 is 6.03 Å². The average molecular weight is 160 g/mol. The molecule has 6 heteroatoms. The van der Waals surface area contributed by atoms with Gasteiger partial charge >= 0.3 is 6.03 Å². The van der Waals surface area contributed by atoms with Crippen molar-refractivity contribution in [2.24, 2.45) is 5.73 Å². The second-order valence-electron chi connectivity index (χ2n) is 2.15. The molecule has 0 aromatic rings. The van der Waals surface area contributed by atoms with Gasteiger partial charge in [0.05, 0.1) is 6.54 Å². The third-order valence-corrected chi connectivity index (χ3v) is 0.771. The van der Waals surface area contributed by atoms with Crippen LogP contribution in [0.2, 0.25) is 0 Å². The Morgan fingerprint density at radius 1 is 1.45 bits per heavy atom. The first-order chi connectivity index (χ1) is 5.02. The number of nitrogens with one attached hydrogen (secondary N) is 2. The summed E-state index contributed by atoms with van der Waals surface area (Å²) in [6, 6.07) is -0.709. The number of urea groups is 1. The number of hydrogen-bond acceptors (Lipinski definition) is 3. The molecule has 0 heterocycles. The van der Waals surface area contributed by atoms with E-state index in [9.17, 15) is 9.59 Å². The summed E-state index contributed by atoms with van der Waals surface area (Å²) in [5, 5.41) is 3.63. The van der Waals surface area contributed by atoms with Crippen molar-refractivity contribution in [3.05, 3.63) is 0 Å². The molecule has 0 fully saturated rings. The van der Waals surface area contributed by atoms with Gasteiger partial charge < -0.3 is 11.1 Å². The molecule has 0 aliphatic heterocycles. The van der Waals surface area contributed by atoms with Gasteiger partial charge in [0.1, 0.15) is 0 Å². The molecule has 11 heavy (non-hydrogen) atoms. The van der Waals surface area contributed by atoms with E-state index in [1.807, 2.05) is 0 Å². The molecular weight excluding hydrogens is 148 g/mol. The number of primary amides is 1. The van der Waals surface area contributed by atoms with Gasteiger partial charge in [-0.15, -0.1) is 0 Å². The van der Waals surface area contributed by atoms with Gasteiger partial charge in [0.25, 0.3) is 5.91 Å². The maximum atomic E-state index is 10.7. The number of rotatable bonds is 3. The Hall–Kier alpha value is -1.30. The Bertz CT molecular complexity index is 157. The number of hydrazine groups is 1. The van der Waals surface area contributed by atoms with E-state index in [0.29, 0.717) is 0 Å². The summed E-state index contributed by atoms with van der Waals surface area (Å²) in [7, 11) is 3.34. The van der Waals surface area contributed by atoms with E-state index in [1.54, 1.807) is 14.1 Å². The number of carbonyl (C=O) groups is 2. The van der Waals surface area contributed by atoms with E-state index >= 15 is 0 Å². The quantitative estimate of drug-likeness (QED) is 0.428. The molecule has 3 amide bonds. The summed E-state index contributed by atoms with van der Waals surface area (Å²) in [4.78, 5) is 20.8. The molecule has 64 valence electrons. The molecule has 4 N–H and O–H groups in total. The fraction of sp³-hybridized carbons (Fsp3) is 0.600. The summed E-state index contributed by atoms with van der Waals surface area (Å²) in [5.41, 5.74) is 7.15. The van der Waals surface area contributed by atoms with Crippen LogP contribution in [-0.4, -0.2) is 37.6 Å². The largest absolute Gasteiger partial charge is 0.352 e. The second-order valence-corrected chi connectivity index (χ2v) is 2.15. The molecule has 0 aliphatic carbocycles. The Labute approximate surface area is 64.7 Å². The maximum absolute atomic E-state index is 10.7. The lowest BCUT2D eigenvalue weighted by molar-refractivity contribution is -0.123. The van der Waals surface area contributed by atoms with Crippen LogP contribution in [-0.2, 0) is 4.79 Å². The highest BCUT2D eigenvalue weighted by Gasteiger charge is 2.01. The minimum absolute atomic E-state index is 0.104. The molecule has 0 unspecified atom stereocenters. The molecule has 0 aliphatic rings. The second kappa shape index (κ2) is 4.51. The predicted molar refractivity (Wildman–Crippen MR) is 39.4 cm³/mol. The molecule has 0 aromatic carbocycles. The highest BCUT2D eigenvalue weighted by Crippen LogP contribution is 1.66. The highest BCUT2D eigenvalue weighted by molar-refractivity contribution is 5.82. The monoisotopic (exact) mass is 160 g/mol. The van der Waals surface area contributed by atoms with Gasteiger partial charge in [-0.3, -0.25) is 10.2 Å². The van der Waals surface area contributed by atoms with Crippen molar-refractivity contribution in [2.45, 2.75) is 0 Å². The lowest BCUT2D eigenvalue weighted by atomic mass is 10.6. The van der Waals surface area contributed by atoms with Crippen molar-refractivity contribution in [1.29, 1.82) is 0 Å². The van der Waals surface area contributed by atoms with Gasteiger partial charge in [0.15, 0.2) is 0 Å². The first-order valence-corrected chi connectivity index (χ1v) is 3.02. The molecule has 0 aromatic heterocycles. The summed E-state index contributed by atoms with van der Waals surface area (Å²) >= 11 is 0. The number of amides is 3. The molecule has 0 saturated heterocycles. The van der Waals surface area contributed by atoms with Gasteiger partial charge in [-0.2, -0.15) is 0 Å². The van der Waals surface area contributed by atoms with Gasteiger partial charge in [-0.1, -0.05) is 0 Å². The molecule has 0 bridgehead atoms. The first-order valence-electron chi connectivity index (χ1n) is 3.02. The topological polar surface area (TPSA) is 87.5 Å². The van der Waals surface area contributed by atoms with Crippen LogP contribution in [0.15, 0.2) is 0 Å². The van der Waals surface area contributed by atoms with E-state index in [1.165, 1.54) is 5.01 Å². The van der Waals surface area contributed by atoms with Crippen LogP contribution in [0.5, 0.6) is 0 Å². The van der Waals surface area contributed by atoms with Gasteiger partial charge in [0, 0.05) is 14.1 Å². The summed E-state index contributed by atoms with van der Waals surface area (Å²) in [5.74, 6) is -0.311. The summed E-state index contributed by atoms with van der Waals surface area (Å²) in [6.45, 7) is -0.104. The zero-order chi connectivity index (χ0) is 8.85. The van der Waals surface area contributed by atoms with Crippen LogP contribution in [0.3, 0.4) is 0 Å². The fourth-order valence-electron chi connectivity index (χ4n) is 0.456. The third kappa shape index (κ3) is 6.59. The van der Waals surface area contributed by atoms with Crippen molar-refractivity contribution >= 4 is 11.9 Å². The molecule has 6 nitrogen and oxygen atoms in total.